The minimum Gasteiger partial charge on any atom is -0.461 e. The van der Waals surface area contributed by atoms with Crippen molar-refractivity contribution in [1.82, 2.24) is 0 Å². The first-order valence-corrected chi connectivity index (χ1v) is 12.2. The molecule has 0 radical (unpaired) electrons. The van der Waals surface area contributed by atoms with Crippen molar-refractivity contribution in [2.75, 3.05) is 5.75 Å². The van der Waals surface area contributed by atoms with Gasteiger partial charge in [0.25, 0.3) is 0 Å². The minimum absolute atomic E-state index is 0.0553. The fourth-order valence-corrected chi connectivity index (χ4v) is 6.71. The lowest BCUT2D eigenvalue weighted by Crippen LogP contribution is -2.38. The maximum atomic E-state index is 12.6. The molecule has 2 fully saturated rings. The van der Waals surface area contributed by atoms with Gasteiger partial charge in [0.05, 0.1) is 5.75 Å². The van der Waals surface area contributed by atoms with E-state index in [-0.39, 0.29) is 22.9 Å². The third kappa shape index (κ3) is 3.13. The van der Waals surface area contributed by atoms with Gasteiger partial charge in [-0.15, -0.1) is 11.8 Å². The maximum Gasteiger partial charge on any atom is 0.316 e. The highest BCUT2D eigenvalue weighted by Gasteiger charge is 2.62. The number of thioether (sulfide) groups is 1. The van der Waals surface area contributed by atoms with E-state index in [1.165, 1.54) is 39.9 Å². The Kier molecular flexibility index (Phi) is 4.85. The smallest absolute Gasteiger partial charge is 0.316 e. The lowest BCUT2D eigenvalue weighted by atomic mass is 9.70. The van der Waals surface area contributed by atoms with Crippen molar-refractivity contribution in [2.45, 2.75) is 51.9 Å². The fourth-order valence-electron chi connectivity index (χ4n) is 5.90. The highest BCUT2D eigenvalue weighted by Crippen LogP contribution is 2.66. The van der Waals surface area contributed by atoms with Gasteiger partial charge in [0.1, 0.15) is 6.10 Å². The molecule has 0 spiro atoms. The molecule has 0 aliphatic heterocycles. The molecule has 0 heterocycles. The molecule has 3 aromatic carbocycles. The molecule has 3 aromatic rings. The first-order chi connectivity index (χ1) is 14.4. The molecule has 3 heteroatoms. The third-order valence-corrected chi connectivity index (χ3v) is 9.26. The number of ether oxygens (including phenoxy) is 1. The van der Waals surface area contributed by atoms with E-state index in [4.69, 9.17) is 4.74 Å². The van der Waals surface area contributed by atoms with Crippen LogP contribution in [-0.2, 0) is 15.3 Å². The molecule has 2 bridgehead atoms. The Morgan fingerprint density at radius 2 is 1.77 bits per heavy atom. The molecule has 2 nitrogen and oxygen atoms in total. The molecule has 0 aromatic heterocycles. The quantitative estimate of drug-likeness (QED) is 0.330. The van der Waals surface area contributed by atoms with Gasteiger partial charge in [-0.25, -0.2) is 0 Å². The predicted molar refractivity (Wildman–Crippen MR) is 127 cm³/mol. The van der Waals surface area contributed by atoms with Crippen molar-refractivity contribution < 1.29 is 9.53 Å². The number of hydrogen-bond donors (Lipinski definition) is 0. The van der Waals surface area contributed by atoms with E-state index in [2.05, 4.69) is 75.4 Å². The predicted octanol–water partition coefficient (Wildman–Crippen LogP) is 6.98. The second kappa shape index (κ2) is 7.30. The van der Waals surface area contributed by atoms with E-state index in [1.54, 1.807) is 11.8 Å². The second-order valence-electron chi connectivity index (χ2n) is 9.92. The second-order valence-corrected chi connectivity index (χ2v) is 10.9. The van der Waals surface area contributed by atoms with Gasteiger partial charge in [0, 0.05) is 11.2 Å². The van der Waals surface area contributed by atoms with Crippen molar-refractivity contribution in [2.24, 2.45) is 16.7 Å². The SMILES string of the molecule is CC1(C)C2CCC1(C)C(OC(=O)CSCc1cccc3cc4ccccc4cc13)C2. The van der Waals surface area contributed by atoms with Crippen LogP contribution in [0.25, 0.3) is 21.5 Å². The van der Waals surface area contributed by atoms with E-state index in [1.807, 2.05) is 0 Å². The maximum absolute atomic E-state index is 12.6. The third-order valence-electron chi connectivity index (χ3n) is 8.30. The van der Waals surface area contributed by atoms with Crippen LogP contribution in [0.2, 0.25) is 0 Å². The molecule has 30 heavy (non-hydrogen) atoms. The molecule has 0 N–H and O–H groups in total. The number of rotatable bonds is 5. The summed E-state index contributed by atoms with van der Waals surface area (Å²) in [5.41, 5.74) is 1.69. The van der Waals surface area contributed by atoms with Crippen molar-refractivity contribution in [3.05, 3.63) is 60.2 Å². The van der Waals surface area contributed by atoms with Gasteiger partial charge in [-0.05, 0) is 69.8 Å². The topological polar surface area (TPSA) is 26.3 Å². The Morgan fingerprint density at radius 3 is 2.47 bits per heavy atom. The molecule has 2 aliphatic rings. The average Bonchev–Trinajstić information content (AvgIpc) is 3.06. The highest BCUT2D eigenvalue weighted by molar-refractivity contribution is 7.99. The molecule has 2 aliphatic carbocycles. The number of esters is 1. The fraction of sp³-hybridized carbons (Fsp3) is 0.444. The van der Waals surface area contributed by atoms with Crippen molar-refractivity contribution in [1.29, 1.82) is 0 Å². The largest absolute Gasteiger partial charge is 0.461 e. The zero-order valence-corrected chi connectivity index (χ0v) is 18.9. The van der Waals surface area contributed by atoms with Crippen molar-refractivity contribution in [3.8, 4) is 0 Å². The van der Waals surface area contributed by atoms with Crippen LogP contribution in [0.15, 0.2) is 54.6 Å². The van der Waals surface area contributed by atoms with E-state index >= 15 is 0 Å². The average molecular weight is 419 g/mol. The summed E-state index contributed by atoms with van der Waals surface area (Å²) in [6.45, 7) is 7.04. The highest BCUT2D eigenvalue weighted by atomic mass is 32.2. The van der Waals surface area contributed by atoms with E-state index in [0.29, 0.717) is 11.7 Å². The van der Waals surface area contributed by atoms with Crippen molar-refractivity contribution in [3.63, 3.8) is 0 Å². The zero-order chi connectivity index (χ0) is 20.9. The zero-order valence-electron chi connectivity index (χ0n) is 18.1. The summed E-state index contributed by atoms with van der Waals surface area (Å²) < 4.78 is 6.01. The number of hydrogen-bond acceptors (Lipinski definition) is 3. The van der Waals surface area contributed by atoms with E-state index in [0.717, 1.165) is 12.2 Å². The minimum atomic E-state index is -0.0553. The van der Waals surface area contributed by atoms with E-state index in [9.17, 15) is 4.79 Å². The first kappa shape index (κ1) is 19.9. The molecule has 3 atom stereocenters. The summed E-state index contributed by atoms with van der Waals surface area (Å²) in [6.07, 6.45) is 3.58. The molecule has 156 valence electrons. The van der Waals surface area contributed by atoms with Crippen LogP contribution in [-0.4, -0.2) is 17.8 Å². The lowest BCUT2D eigenvalue weighted by Gasteiger charge is -2.38. The first-order valence-electron chi connectivity index (χ1n) is 11.1. The summed E-state index contributed by atoms with van der Waals surface area (Å²) >= 11 is 1.66. The van der Waals surface area contributed by atoms with Crippen LogP contribution in [0.4, 0.5) is 0 Å². The Hall–Kier alpha value is -2.00. The van der Waals surface area contributed by atoms with Gasteiger partial charge in [0.15, 0.2) is 0 Å². The normalized spacial score (nSPS) is 27.0. The summed E-state index contributed by atoms with van der Waals surface area (Å²) in [4.78, 5) is 12.6. The summed E-state index contributed by atoms with van der Waals surface area (Å²) in [5, 5.41) is 5.06. The van der Waals surface area contributed by atoms with Gasteiger partial charge < -0.3 is 4.74 Å². The molecule has 3 unspecified atom stereocenters. The molecule has 0 amide bonds. The molecule has 2 saturated carbocycles. The van der Waals surface area contributed by atoms with Gasteiger partial charge in [-0.1, -0.05) is 63.2 Å². The Labute approximate surface area is 183 Å². The number of fused-ring (bicyclic) bond motifs is 4. The van der Waals surface area contributed by atoms with Crippen molar-refractivity contribution >= 4 is 39.3 Å². The number of carbonyl (C=O) groups excluding carboxylic acids is 1. The van der Waals surface area contributed by atoms with Crippen LogP contribution in [0.5, 0.6) is 0 Å². The number of benzene rings is 3. The van der Waals surface area contributed by atoms with Gasteiger partial charge in [-0.2, -0.15) is 0 Å². The van der Waals surface area contributed by atoms with Gasteiger partial charge in [0.2, 0.25) is 0 Å². The van der Waals surface area contributed by atoms with Gasteiger partial charge in [-0.3, -0.25) is 4.79 Å². The van der Waals surface area contributed by atoms with E-state index < -0.39 is 0 Å². The Bertz CT molecular complexity index is 1120. The van der Waals surface area contributed by atoms with Crippen LogP contribution in [0.3, 0.4) is 0 Å². The molecule has 5 rings (SSSR count). The molecular formula is C27H30O2S. The van der Waals surface area contributed by atoms with Gasteiger partial charge >= 0.3 is 5.97 Å². The monoisotopic (exact) mass is 418 g/mol. The van der Waals surface area contributed by atoms with Crippen LogP contribution < -0.4 is 0 Å². The lowest BCUT2D eigenvalue weighted by molar-refractivity contribution is -0.153. The standard InChI is InChI=1S/C27H30O2S/c1-26(2)22-11-12-27(26,3)24(15-22)29-25(28)17-30-16-21-10-6-9-20-13-18-7-4-5-8-19(18)14-23(20)21/h4-10,13-14,22,24H,11-12,15-17H2,1-3H3. The Morgan fingerprint density at radius 1 is 1.03 bits per heavy atom. The number of carbonyl (C=O) groups is 1. The molecular weight excluding hydrogens is 388 g/mol. The van der Waals surface area contributed by atoms with Crippen LogP contribution >= 0.6 is 11.8 Å². The summed E-state index contributed by atoms with van der Waals surface area (Å²) in [5.74, 6) is 1.88. The molecule has 0 saturated heterocycles. The summed E-state index contributed by atoms with van der Waals surface area (Å²) in [6, 6.07) is 19.5. The summed E-state index contributed by atoms with van der Waals surface area (Å²) in [7, 11) is 0. The van der Waals surface area contributed by atoms with Crippen LogP contribution in [0.1, 0.15) is 45.6 Å². The Balaban J connectivity index is 1.24. The van der Waals surface area contributed by atoms with Crippen LogP contribution in [0, 0.1) is 16.7 Å².